The van der Waals surface area contributed by atoms with E-state index in [1.807, 2.05) is 0 Å². The third-order valence-electron chi connectivity index (χ3n) is 0.735. The van der Waals surface area contributed by atoms with Gasteiger partial charge >= 0.3 is 6.09 Å². The van der Waals surface area contributed by atoms with Gasteiger partial charge in [0.1, 0.15) is 6.29 Å². The summed E-state index contributed by atoms with van der Waals surface area (Å²) in [4.78, 5) is 20.2. The van der Waals surface area contributed by atoms with Gasteiger partial charge in [-0.25, -0.2) is 4.79 Å². The minimum absolute atomic E-state index is 0.475. The Morgan fingerprint density at radius 1 is 1.78 bits per heavy atom. The zero-order valence-electron chi connectivity index (χ0n) is 5.38. The molecule has 0 aromatic rings. The molecule has 4 heteroatoms. The quantitative estimate of drug-likeness (QED) is 0.534. The number of aldehydes is 1. The molecular weight excluding hydrogens is 122 g/mol. The summed E-state index contributed by atoms with van der Waals surface area (Å²) in [5.41, 5.74) is 0. The molecular formula is C5H9NO3. The Morgan fingerprint density at radius 2 is 2.33 bits per heavy atom. The highest BCUT2D eigenvalue weighted by Crippen LogP contribution is 1.75. The van der Waals surface area contributed by atoms with Gasteiger partial charge in [-0.3, -0.25) is 0 Å². The number of hydrogen-bond acceptors (Lipinski definition) is 3. The maximum Gasteiger partial charge on any atom is 0.407 e. The van der Waals surface area contributed by atoms with Gasteiger partial charge in [0.2, 0.25) is 0 Å². The Labute approximate surface area is 53.2 Å². The number of amides is 1. The zero-order chi connectivity index (χ0) is 7.28. The molecule has 4 nitrogen and oxygen atoms in total. The SMILES string of the molecule is COC(=O)N[C@@H](C)C=O. The Kier molecular flexibility index (Phi) is 3.43. The van der Waals surface area contributed by atoms with Crippen molar-refractivity contribution >= 4 is 12.4 Å². The molecule has 0 bridgehead atoms. The summed E-state index contributed by atoms with van der Waals surface area (Å²) < 4.78 is 4.21. The highest BCUT2D eigenvalue weighted by atomic mass is 16.5. The first-order valence-corrected chi connectivity index (χ1v) is 2.50. The van der Waals surface area contributed by atoms with E-state index in [1.54, 1.807) is 6.92 Å². The molecule has 9 heavy (non-hydrogen) atoms. The molecule has 0 rings (SSSR count). The van der Waals surface area contributed by atoms with Crippen molar-refractivity contribution in [2.45, 2.75) is 13.0 Å². The average molecular weight is 131 g/mol. The lowest BCUT2D eigenvalue weighted by atomic mass is 10.4. The summed E-state index contributed by atoms with van der Waals surface area (Å²) in [6.45, 7) is 1.56. The molecule has 0 aliphatic heterocycles. The molecule has 0 heterocycles. The van der Waals surface area contributed by atoms with Crippen molar-refractivity contribution in [2.75, 3.05) is 7.11 Å². The summed E-state index contributed by atoms with van der Waals surface area (Å²) in [7, 11) is 1.24. The van der Waals surface area contributed by atoms with E-state index < -0.39 is 12.1 Å². The predicted octanol–water partition coefficient (Wildman–Crippen LogP) is -0.0702. The van der Waals surface area contributed by atoms with Crippen molar-refractivity contribution in [3.63, 3.8) is 0 Å². The van der Waals surface area contributed by atoms with Crippen LogP contribution in [0.4, 0.5) is 4.79 Å². The molecule has 1 amide bonds. The molecule has 52 valence electrons. The van der Waals surface area contributed by atoms with Crippen LogP contribution < -0.4 is 5.32 Å². The van der Waals surface area contributed by atoms with Crippen LogP contribution in [0.15, 0.2) is 0 Å². The molecule has 0 saturated heterocycles. The second-order valence-electron chi connectivity index (χ2n) is 1.56. The van der Waals surface area contributed by atoms with Crippen LogP contribution >= 0.6 is 0 Å². The van der Waals surface area contributed by atoms with Crippen molar-refractivity contribution < 1.29 is 14.3 Å². The van der Waals surface area contributed by atoms with Gasteiger partial charge in [-0.1, -0.05) is 0 Å². The third-order valence-corrected chi connectivity index (χ3v) is 0.735. The Bertz CT molecular complexity index is 113. The molecule has 0 radical (unpaired) electrons. The predicted molar refractivity (Wildman–Crippen MR) is 31.1 cm³/mol. The van der Waals surface area contributed by atoms with Crippen molar-refractivity contribution in [1.29, 1.82) is 0 Å². The van der Waals surface area contributed by atoms with Crippen molar-refractivity contribution in [1.82, 2.24) is 5.32 Å². The maximum atomic E-state index is 10.3. The smallest absolute Gasteiger partial charge is 0.407 e. The fourth-order valence-electron chi connectivity index (χ4n) is 0.279. The van der Waals surface area contributed by atoms with Crippen molar-refractivity contribution in [3.8, 4) is 0 Å². The fourth-order valence-corrected chi connectivity index (χ4v) is 0.279. The van der Waals surface area contributed by atoms with E-state index in [0.29, 0.717) is 6.29 Å². The van der Waals surface area contributed by atoms with Crippen LogP contribution in [0.3, 0.4) is 0 Å². The van der Waals surface area contributed by atoms with Crippen LogP contribution in [0.5, 0.6) is 0 Å². The van der Waals surface area contributed by atoms with E-state index >= 15 is 0 Å². The Morgan fingerprint density at radius 3 is 2.67 bits per heavy atom. The summed E-state index contributed by atoms with van der Waals surface area (Å²) in [5.74, 6) is 0. The second-order valence-corrected chi connectivity index (χ2v) is 1.56. The largest absolute Gasteiger partial charge is 0.453 e. The number of methoxy groups -OCH3 is 1. The molecule has 0 spiro atoms. The molecule has 0 fully saturated rings. The second kappa shape index (κ2) is 3.88. The summed E-state index contributed by atoms with van der Waals surface area (Å²) >= 11 is 0. The molecule has 0 aliphatic rings. The lowest BCUT2D eigenvalue weighted by Crippen LogP contribution is -2.33. The summed E-state index contributed by atoms with van der Waals surface area (Å²) in [6.07, 6.45) is 0.0336. The Hall–Kier alpha value is -1.06. The van der Waals surface area contributed by atoms with Crippen LogP contribution in [0.25, 0.3) is 0 Å². The topological polar surface area (TPSA) is 55.4 Å². The van der Waals surface area contributed by atoms with Crippen molar-refractivity contribution in [2.24, 2.45) is 0 Å². The van der Waals surface area contributed by atoms with E-state index in [9.17, 15) is 9.59 Å². The van der Waals surface area contributed by atoms with E-state index in [0.717, 1.165) is 0 Å². The molecule has 0 aromatic carbocycles. The number of rotatable bonds is 2. The van der Waals surface area contributed by atoms with Gasteiger partial charge in [0.25, 0.3) is 0 Å². The summed E-state index contributed by atoms with van der Waals surface area (Å²) in [5, 5.41) is 2.25. The minimum Gasteiger partial charge on any atom is -0.453 e. The molecule has 0 saturated carbocycles. The number of hydrogen-bond donors (Lipinski definition) is 1. The lowest BCUT2D eigenvalue weighted by molar-refractivity contribution is -0.109. The van der Waals surface area contributed by atoms with Gasteiger partial charge < -0.3 is 14.8 Å². The maximum absolute atomic E-state index is 10.3. The molecule has 1 atom stereocenters. The molecule has 0 aliphatic carbocycles. The average Bonchev–Trinajstić information content (AvgIpc) is 1.87. The first kappa shape index (κ1) is 7.94. The molecule has 0 aromatic heterocycles. The third kappa shape index (κ3) is 3.52. The first-order chi connectivity index (χ1) is 4.20. The Balaban J connectivity index is 3.46. The zero-order valence-corrected chi connectivity index (χ0v) is 5.38. The van der Waals surface area contributed by atoms with E-state index in [1.165, 1.54) is 7.11 Å². The van der Waals surface area contributed by atoms with Crippen LogP contribution in [0, 0.1) is 0 Å². The highest BCUT2D eigenvalue weighted by molar-refractivity contribution is 5.72. The number of alkyl carbamates (subject to hydrolysis) is 1. The number of carbonyl (C=O) groups is 2. The van der Waals surface area contributed by atoms with Crippen LogP contribution in [0.1, 0.15) is 6.92 Å². The number of nitrogens with one attached hydrogen (secondary N) is 1. The standard InChI is InChI=1S/C5H9NO3/c1-4(3-7)6-5(8)9-2/h3-4H,1-2H3,(H,6,8)/t4-/m0/s1. The first-order valence-electron chi connectivity index (χ1n) is 2.50. The monoisotopic (exact) mass is 131 g/mol. The van der Waals surface area contributed by atoms with Crippen LogP contribution in [-0.4, -0.2) is 25.5 Å². The minimum atomic E-state index is -0.588. The van der Waals surface area contributed by atoms with Gasteiger partial charge in [0.05, 0.1) is 13.2 Å². The fraction of sp³-hybridized carbons (Fsp3) is 0.600. The lowest BCUT2D eigenvalue weighted by Gasteiger charge is -2.03. The van der Waals surface area contributed by atoms with Crippen molar-refractivity contribution in [3.05, 3.63) is 0 Å². The van der Waals surface area contributed by atoms with Gasteiger partial charge in [0.15, 0.2) is 0 Å². The summed E-state index contributed by atoms with van der Waals surface area (Å²) in [6, 6.07) is -0.475. The van der Waals surface area contributed by atoms with Gasteiger partial charge in [-0.05, 0) is 6.92 Å². The molecule has 1 N–H and O–H groups in total. The molecule has 0 unspecified atom stereocenters. The van der Waals surface area contributed by atoms with E-state index in [4.69, 9.17) is 0 Å². The highest BCUT2D eigenvalue weighted by Gasteiger charge is 2.02. The van der Waals surface area contributed by atoms with Gasteiger partial charge in [-0.15, -0.1) is 0 Å². The van der Waals surface area contributed by atoms with Gasteiger partial charge in [-0.2, -0.15) is 0 Å². The van der Waals surface area contributed by atoms with Crippen LogP contribution in [0.2, 0.25) is 0 Å². The normalized spacial score (nSPS) is 11.8. The number of carbonyl (C=O) groups excluding carboxylic acids is 2. The van der Waals surface area contributed by atoms with Gasteiger partial charge in [0, 0.05) is 0 Å². The number of ether oxygens (including phenoxy) is 1. The van der Waals surface area contributed by atoms with E-state index in [2.05, 4.69) is 10.1 Å². The van der Waals surface area contributed by atoms with E-state index in [-0.39, 0.29) is 0 Å². The van der Waals surface area contributed by atoms with Crippen LogP contribution in [-0.2, 0) is 9.53 Å².